The summed E-state index contributed by atoms with van der Waals surface area (Å²) in [6, 6.07) is 107. The van der Waals surface area contributed by atoms with Crippen LogP contribution in [-0.2, 0) is 51.4 Å². The normalized spacial score (nSPS) is 10.9. The maximum absolute atomic E-state index is 5.58. The third kappa shape index (κ3) is 17.4. The quantitative estimate of drug-likeness (QED) is 0.0402. The Balaban J connectivity index is 0.848. The van der Waals surface area contributed by atoms with Crippen LogP contribution >= 0.6 is 0 Å². The van der Waals surface area contributed by atoms with Crippen LogP contribution in [-0.4, -0.2) is 56.9 Å². The summed E-state index contributed by atoms with van der Waals surface area (Å²) in [5, 5.41) is 0. The number of ether oxygens (including phenoxy) is 8. The summed E-state index contributed by atoms with van der Waals surface area (Å²) in [6.45, 7) is 0. The Morgan fingerprint density at radius 1 is 0.151 bits per heavy atom. The molecule has 0 radical (unpaired) electrons. The van der Waals surface area contributed by atoms with Crippen molar-refractivity contribution in [1.82, 2.24) is 0 Å². The molecule has 0 fully saturated rings. The Labute approximate surface area is 624 Å². The summed E-state index contributed by atoms with van der Waals surface area (Å²) in [5.41, 5.74) is 22.9. The van der Waals surface area contributed by atoms with Gasteiger partial charge in [-0.25, -0.2) is 0 Å². The van der Waals surface area contributed by atoms with Crippen molar-refractivity contribution in [2.24, 2.45) is 0 Å². The zero-order valence-electron chi connectivity index (χ0n) is 61.6. The minimum Gasteiger partial charge on any atom is -0.497 e. The van der Waals surface area contributed by atoms with Gasteiger partial charge in [0.15, 0.2) is 0 Å². The van der Waals surface area contributed by atoms with Gasteiger partial charge in [-0.3, -0.25) is 0 Å². The first kappa shape index (κ1) is 71.8. The van der Waals surface area contributed by atoms with E-state index in [-0.39, 0.29) is 0 Å². The highest BCUT2D eigenvalue weighted by molar-refractivity contribution is 5.81. The van der Waals surface area contributed by atoms with E-state index >= 15 is 0 Å². The van der Waals surface area contributed by atoms with Crippen molar-refractivity contribution >= 4 is 68.2 Å². The molecule has 0 unspecified atom stereocenters. The molecule has 106 heavy (non-hydrogen) atoms. The van der Waals surface area contributed by atoms with Gasteiger partial charge in [0.05, 0.1) is 56.9 Å². The Bertz CT molecular complexity index is 4090. The molecule has 0 saturated carbocycles. The lowest BCUT2D eigenvalue weighted by Crippen LogP contribution is -2.10. The number of hydrogen-bond donors (Lipinski definition) is 0. The summed E-state index contributed by atoms with van der Waals surface area (Å²) in [6.07, 6.45) is 6.88. The molecule has 534 valence electrons. The molecule has 0 bridgehead atoms. The minimum atomic E-state index is 0.804. The first-order chi connectivity index (χ1) is 52.1. The van der Waals surface area contributed by atoms with Gasteiger partial charge in [-0.05, 0) is 339 Å². The Kier molecular flexibility index (Phi) is 23.5. The molecular formula is C94H90N4O8. The van der Waals surface area contributed by atoms with Crippen molar-refractivity contribution in [2.75, 3.05) is 76.5 Å². The van der Waals surface area contributed by atoms with E-state index in [4.69, 9.17) is 37.9 Å². The predicted molar refractivity (Wildman–Crippen MR) is 433 cm³/mol. The highest BCUT2D eigenvalue weighted by Crippen LogP contribution is 2.42. The fourth-order valence-electron chi connectivity index (χ4n) is 13.7. The zero-order valence-corrected chi connectivity index (χ0v) is 61.6. The van der Waals surface area contributed by atoms with Gasteiger partial charge in [0.2, 0.25) is 0 Å². The zero-order chi connectivity index (χ0) is 73.1. The second-order valence-corrected chi connectivity index (χ2v) is 26.0. The highest BCUT2D eigenvalue weighted by atomic mass is 16.5. The van der Waals surface area contributed by atoms with Crippen LogP contribution in [0.25, 0.3) is 0 Å². The van der Waals surface area contributed by atoms with E-state index in [1.807, 2.05) is 97.1 Å². The molecule has 13 aromatic rings. The maximum Gasteiger partial charge on any atom is 0.119 e. The molecule has 0 atom stereocenters. The molecule has 0 heterocycles. The van der Waals surface area contributed by atoms with Crippen molar-refractivity contribution in [3.8, 4) is 46.0 Å². The second-order valence-electron chi connectivity index (χ2n) is 26.0. The Morgan fingerprint density at radius 2 is 0.264 bits per heavy atom. The van der Waals surface area contributed by atoms with Crippen LogP contribution in [0.15, 0.2) is 303 Å². The van der Waals surface area contributed by atoms with Crippen molar-refractivity contribution in [1.29, 1.82) is 0 Å². The van der Waals surface area contributed by atoms with Crippen molar-refractivity contribution in [2.45, 2.75) is 51.4 Å². The Morgan fingerprint density at radius 3 is 0.377 bits per heavy atom. The largest absolute Gasteiger partial charge is 0.497 e. The van der Waals surface area contributed by atoms with Gasteiger partial charge >= 0.3 is 0 Å². The molecule has 12 heteroatoms. The fraction of sp³-hybridized carbons (Fsp3) is 0.170. The molecule has 0 saturated heterocycles. The lowest BCUT2D eigenvalue weighted by atomic mass is 9.87. The summed E-state index contributed by atoms with van der Waals surface area (Å²) in [5.74, 6) is 6.43. The van der Waals surface area contributed by atoms with E-state index in [0.29, 0.717) is 0 Å². The van der Waals surface area contributed by atoms with Crippen LogP contribution in [0.3, 0.4) is 0 Å². The number of methoxy groups -OCH3 is 8. The highest BCUT2D eigenvalue weighted by Gasteiger charge is 2.20. The number of aryl methyl sites for hydroxylation is 8. The van der Waals surface area contributed by atoms with Crippen molar-refractivity contribution in [3.63, 3.8) is 0 Å². The summed E-state index contributed by atoms with van der Waals surface area (Å²) in [4.78, 5) is 9.09. The number of hydrogen-bond acceptors (Lipinski definition) is 12. The lowest BCUT2D eigenvalue weighted by molar-refractivity contribution is 0.414. The third-order valence-electron chi connectivity index (χ3n) is 19.7. The van der Waals surface area contributed by atoms with Crippen LogP contribution in [0.1, 0.15) is 44.5 Å². The SMILES string of the molecule is COc1ccc(N(c2ccc(CCc3cc(CCc4ccc(N(c5ccc(OC)cc5)c5ccc(OC)cc5)cc4)c(CCc4ccc(N(c5ccc(OC)cc5)c5ccc(OC)cc5)cc4)cc3CCc3ccc(N(c4ccc(OC)cc4)c4ccc(OC)cc4)cc3)cc2)c2ccc(OC)cc2)cc1. The van der Waals surface area contributed by atoms with Crippen molar-refractivity contribution in [3.05, 3.63) is 348 Å². The summed E-state index contributed by atoms with van der Waals surface area (Å²) < 4.78 is 44.6. The van der Waals surface area contributed by atoms with E-state index in [0.717, 1.165) is 166 Å². The maximum atomic E-state index is 5.58. The molecule has 0 N–H and O–H groups in total. The average molecular weight is 1400 g/mol. The van der Waals surface area contributed by atoms with E-state index in [1.165, 1.54) is 44.5 Å². The minimum absolute atomic E-state index is 0.804. The molecule has 0 aromatic heterocycles. The first-order valence-electron chi connectivity index (χ1n) is 35.9. The van der Waals surface area contributed by atoms with E-state index in [9.17, 15) is 0 Å². The fourth-order valence-corrected chi connectivity index (χ4v) is 13.7. The smallest absolute Gasteiger partial charge is 0.119 e. The van der Waals surface area contributed by atoms with Gasteiger partial charge in [0, 0.05) is 68.2 Å². The molecule has 12 nitrogen and oxygen atoms in total. The van der Waals surface area contributed by atoms with E-state index in [1.54, 1.807) is 56.9 Å². The monoisotopic (exact) mass is 1400 g/mol. The lowest BCUT2D eigenvalue weighted by Gasteiger charge is -2.26. The number of rotatable bonds is 32. The van der Waals surface area contributed by atoms with Crippen LogP contribution < -0.4 is 57.5 Å². The molecule has 0 aliphatic carbocycles. The van der Waals surface area contributed by atoms with Crippen LogP contribution in [0.4, 0.5) is 68.2 Å². The van der Waals surface area contributed by atoms with Crippen LogP contribution in [0.5, 0.6) is 46.0 Å². The average Bonchev–Trinajstić information content (AvgIpc) is 0.824. The number of nitrogens with zero attached hydrogens (tertiary/aromatic N) is 4. The molecule has 0 aliphatic heterocycles. The van der Waals surface area contributed by atoms with Crippen LogP contribution in [0.2, 0.25) is 0 Å². The summed E-state index contributed by atoms with van der Waals surface area (Å²) in [7, 11) is 13.6. The van der Waals surface area contributed by atoms with Crippen LogP contribution in [0, 0.1) is 0 Å². The van der Waals surface area contributed by atoms with Gasteiger partial charge in [-0.1, -0.05) is 60.7 Å². The first-order valence-corrected chi connectivity index (χ1v) is 35.9. The predicted octanol–water partition coefficient (Wildman–Crippen LogP) is 22.8. The third-order valence-corrected chi connectivity index (χ3v) is 19.7. The molecular weight excluding hydrogens is 1310 g/mol. The van der Waals surface area contributed by atoms with Gasteiger partial charge in [-0.2, -0.15) is 0 Å². The van der Waals surface area contributed by atoms with Gasteiger partial charge in [0.1, 0.15) is 46.0 Å². The molecule has 13 rings (SSSR count). The summed E-state index contributed by atoms with van der Waals surface area (Å²) >= 11 is 0. The molecule has 13 aromatic carbocycles. The number of anilines is 12. The van der Waals surface area contributed by atoms with E-state index < -0.39 is 0 Å². The standard InChI is InChI=1S/C94H90N4O8/c1-99-87-49-33-79(34-50-87)95(80-35-51-88(100-2)52-36-80)75-25-13-67(14-26-75)9-21-71-65-73(23-11-69-17-29-77(30-18-69)97(83-41-57-91(103-5)58-42-83)84-43-59-92(104-6)60-44-84)74(24-12-70-19-31-78(32-20-70)98(85-45-61-93(105-7)62-46-85)86-47-63-94(106-8)64-48-86)66-72(71)22-10-68-15-27-76(28-16-68)96(81-37-53-89(101-3)54-38-81)82-39-55-90(102-4)56-40-82/h13-20,25-66H,9-12,21-24H2,1-8H3. The Hall–Kier alpha value is -12.5. The second kappa shape index (κ2) is 34.6. The van der Waals surface area contributed by atoms with Gasteiger partial charge < -0.3 is 57.5 Å². The van der Waals surface area contributed by atoms with Gasteiger partial charge in [-0.15, -0.1) is 0 Å². The van der Waals surface area contributed by atoms with Crippen molar-refractivity contribution < 1.29 is 37.9 Å². The van der Waals surface area contributed by atoms with E-state index in [2.05, 4.69) is 226 Å². The molecule has 0 amide bonds. The molecule has 0 spiro atoms. The van der Waals surface area contributed by atoms with Gasteiger partial charge in [0.25, 0.3) is 0 Å². The number of benzene rings is 13. The topological polar surface area (TPSA) is 86.8 Å². The molecule has 0 aliphatic rings.